The molecule has 9 nitrogen and oxygen atoms in total. The van der Waals surface area contributed by atoms with Crippen molar-refractivity contribution in [3.63, 3.8) is 0 Å². The van der Waals surface area contributed by atoms with Gasteiger partial charge in [0, 0.05) is 18.1 Å². The van der Waals surface area contributed by atoms with Gasteiger partial charge < -0.3 is 10.6 Å². The summed E-state index contributed by atoms with van der Waals surface area (Å²) in [4.78, 5) is 47.0. The molecule has 1 saturated heterocycles. The van der Waals surface area contributed by atoms with Gasteiger partial charge in [-0.05, 0) is 37.1 Å². The Hall–Kier alpha value is -4.01. The van der Waals surface area contributed by atoms with Gasteiger partial charge in [-0.25, -0.2) is 9.78 Å². The number of hydrogen-bond donors (Lipinski definition) is 3. The summed E-state index contributed by atoms with van der Waals surface area (Å²) in [6.07, 6.45) is 2.82. The molecule has 0 bridgehead atoms. The minimum absolute atomic E-state index is 0.347. The Labute approximate surface area is 172 Å². The van der Waals surface area contributed by atoms with Gasteiger partial charge in [-0.2, -0.15) is 0 Å². The summed E-state index contributed by atoms with van der Waals surface area (Å²) < 4.78 is 0. The first kappa shape index (κ1) is 19.3. The predicted octanol–water partition coefficient (Wildman–Crippen LogP) is 1.60. The van der Waals surface area contributed by atoms with E-state index in [9.17, 15) is 14.4 Å². The fraction of sp³-hybridized carbons (Fsp3) is 0.190. The molecule has 1 aliphatic rings. The monoisotopic (exact) mass is 404 g/mol. The number of carbonyl (C=O) groups is 3. The van der Waals surface area contributed by atoms with Crippen molar-refractivity contribution in [2.24, 2.45) is 5.73 Å². The van der Waals surface area contributed by atoms with Crippen LogP contribution in [0.4, 0.5) is 4.79 Å². The number of nitrogens with zero attached hydrogens (tertiary/aromatic N) is 3. The molecule has 0 aliphatic carbocycles. The Morgan fingerprint density at radius 1 is 1.03 bits per heavy atom. The van der Waals surface area contributed by atoms with Gasteiger partial charge in [-0.15, -0.1) is 0 Å². The number of hydrazine groups is 1. The number of urea groups is 1. The molecule has 1 fully saturated rings. The van der Waals surface area contributed by atoms with Gasteiger partial charge in [0.2, 0.25) is 0 Å². The quantitative estimate of drug-likeness (QED) is 0.571. The molecule has 1 aromatic carbocycles. The summed E-state index contributed by atoms with van der Waals surface area (Å²) in [5.41, 5.74) is 12.3. The molecular weight excluding hydrogens is 384 g/mol. The summed E-state index contributed by atoms with van der Waals surface area (Å²) in [6.45, 7) is 0.420. The lowest BCUT2D eigenvalue weighted by Gasteiger charge is -2.21. The number of nitrogens with two attached hydrogens (primary N) is 1. The molecule has 0 radical (unpaired) electrons. The van der Waals surface area contributed by atoms with Crippen LogP contribution in [0.2, 0.25) is 0 Å². The molecular formula is C21H20N6O3. The Balaban J connectivity index is 1.58. The number of likely N-dealkylation sites (tertiary alicyclic amines) is 1. The SMILES string of the molecule is NC(=O)N1CCCC1C(=O)NNC(=O)c1cc(-c2ccccn2)nc2ccccc12. The van der Waals surface area contributed by atoms with Crippen LogP contribution < -0.4 is 16.6 Å². The first-order valence-electron chi connectivity index (χ1n) is 9.52. The Kier molecular flexibility index (Phi) is 5.25. The van der Waals surface area contributed by atoms with E-state index in [0.717, 1.165) is 0 Å². The third-order valence-corrected chi connectivity index (χ3v) is 5.03. The van der Waals surface area contributed by atoms with Gasteiger partial charge in [0.15, 0.2) is 0 Å². The largest absolute Gasteiger partial charge is 0.351 e. The molecule has 1 aliphatic heterocycles. The lowest BCUT2D eigenvalue weighted by atomic mass is 10.1. The van der Waals surface area contributed by atoms with Crippen molar-refractivity contribution in [2.45, 2.75) is 18.9 Å². The molecule has 4 amide bonds. The van der Waals surface area contributed by atoms with Crippen molar-refractivity contribution in [3.05, 3.63) is 60.3 Å². The molecule has 1 unspecified atom stereocenters. The third-order valence-electron chi connectivity index (χ3n) is 5.03. The molecule has 9 heteroatoms. The molecule has 3 aromatic rings. The normalized spacial score (nSPS) is 15.7. The van der Waals surface area contributed by atoms with E-state index in [1.807, 2.05) is 18.2 Å². The zero-order valence-electron chi connectivity index (χ0n) is 16.0. The zero-order chi connectivity index (χ0) is 21.1. The molecule has 4 rings (SSSR count). The van der Waals surface area contributed by atoms with E-state index in [1.54, 1.807) is 36.5 Å². The van der Waals surface area contributed by atoms with E-state index in [-0.39, 0.29) is 0 Å². The molecule has 2 aromatic heterocycles. The van der Waals surface area contributed by atoms with E-state index in [1.165, 1.54) is 4.90 Å². The summed E-state index contributed by atoms with van der Waals surface area (Å²) >= 11 is 0. The number of pyridine rings is 2. The topological polar surface area (TPSA) is 130 Å². The van der Waals surface area contributed by atoms with Gasteiger partial charge in [-0.1, -0.05) is 24.3 Å². The van der Waals surface area contributed by atoms with Crippen molar-refractivity contribution in [3.8, 4) is 11.4 Å². The van der Waals surface area contributed by atoms with Crippen molar-refractivity contribution < 1.29 is 14.4 Å². The van der Waals surface area contributed by atoms with Crippen LogP contribution in [0.5, 0.6) is 0 Å². The first-order valence-corrected chi connectivity index (χ1v) is 9.52. The van der Waals surface area contributed by atoms with Crippen LogP contribution >= 0.6 is 0 Å². The second-order valence-corrected chi connectivity index (χ2v) is 6.92. The zero-order valence-corrected chi connectivity index (χ0v) is 16.0. The van der Waals surface area contributed by atoms with Gasteiger partial charge in [0.05, 0.1) is 22.5 Å². The van der Waals surface area contributed by atoms with Gasteiger partial charge in [0.1, 0.15) is 6.04 Å². The highest BCUT2D eigenvalue weighted by atomic mass is 16.2. The summed E-state index contributed by atoms with van der Waals surface area (Å²) in [7, 11) is 0. The smallest absolute Gasteiger partial charge is 0.315 e. The van der Waals surface area contributed by atoms with Crippen molar-refractivity contribution in [1.82, 2.24) is 25.7 Å². The average molecular weight is 404 g/mol. The third kappa shape index (κ3) is 3.77. The number of hydrogen-bond acceptors (Lipinski definition) is 5. The van der Waals surface area contributed by atoms with E-state index in [0.29, 0.717) is 47.2 Å². The summed E-state index contributed by atoms with van der Waals surface area (Å²) in [5.74, 6) is -0.981. The maximum absolute atomic E-state index is 12.9. The number of para-hydroxylation sites is 1. The van der Waals surface area contributed by atoms with Crippen molar-refractivity contribution in [2.75, 3.05) is 6.54 Å². The number of aromatic nitrogens is 2. The van der Waals surface area contributed by atoms with Crippen molar-refractivity contribution >= 4 is 28.7 Å². The van der Waals surface area contributed by atoms with Gasteiger partial charge in [-0.3, -0.25) is 25.4 Å². The fourth-order valence-electron chi connectivity index (χ4n) is 3.58. The van der Waals surface area contributed by atoms with Crippen LogP contribution in [0.15, 0.2) is 54.7 Å². The lowest BCUT2D eigenvalue weighted by molar-refractivity contribution is -0.125. The lowest BCUT2D eigenvalue weighted by Crippen LogP contribution is -2.52. The number of benzene rings is 1. The predicted molar refractivity (Wildman–Crippen MR) is 110 cm³/mol. The Bertz CT molecular complexity index is 1120. The molecule has 0 saturated carbocycles. The molecule has 152 valence electrons. The maximum atomic E-state index is 12.9. The molecule has 1 atom stereocenters. The van der Waals surface area contributed by atoms with E-state index in [4.69, 9.17) is 5.73 Å². The number of rotatable bonds is 3. The standard InChI is InChI=1S/C21H20N6O3/c22-21(30)27-11-5-9-18(27)20(29)26-25-19(28)14-12-17(16-8-3-4-10-23-16)24-15-7-2-1-6-13(14)15/h1-4,6-8,10,12,18H,5,9,11H2,(H2,22,30)(H,25,28)(H,26,29). The summed E-state index contributed by atoms with van der Waals surface area (Å²) in [5, 5.41) is 0.642. The average Bonchev–Trinajstić information content (AvgIpc) is 3.27. The number of primary amides is 1. The van der Waals surface area contributed by atoms with Crippen LogP contribution in [0.25, 0.3) is 22.3 Å². The van der Waals surface area contributed by atoms with Gasteiger partial charge >= 0.3 is 6.03 Å². The van der Waals surface area contributed by atoms with Crippen LogP contribution in [-0.2, 0) is 4.79 Å². The first-order chi connectivity index (χ1) is 14.5. The maximum Gasteiger partial charge on any atom is 0.315 e. The van der Waals surface area contributed by atoms with E-state index >= 15 is 0 Å². The Morgan fingerprint density at radius 3 is 2.60 bits per heavy atom. The van der Waals surface area contributed by atoms with Crippen LogP contribution in [0.3, 0.4) is 0 Å². The fourth-order valence-corrected chi connectivity index (χ4v) is 3.58. The Morgan fingerprint density at radius 2 is 1.83 bits per heavy atom. The highest BCUT2D eigenvalue weighted by molar-refractivity contribution is 6.07. The second-order valence-electron chi connectivity index (χ2n) is 6.92. The minimum atomic E-state index is -0.693. The number of nitrogens with one attached hydrogen (secondary N) is 2. The number of fused-ring (bicyclic) bond motifs is 1. The van der Waals surface area contributed by atoms with E-state index < -0.39 is 23.9 Å². The molecule has 4 N–H and O–H groups in total. The number of amides is 4. The van der Waals surface area contributed by atoms with Gasteiger partial charge in [0.25, 0.3) is 11.8 Å². The van der Waals surface area contributed by atoms with Crippen LogP contribution in [0.1, 0.15) is 23.2 Å². The molecule has 30 heavy (non-hydrogen) atoms. The molecule has 3 heterocycles. The number of carbonyl (C=O) groups excluding carboxylic acids is 3. The highest BCUT2D eigenvalue weighted by Gasteiger charge is 2.33. The van der Waals surface area contributed by atoms with Crippen molar-refractivity contribution in [1.29, 1.82) is 0 Å². The molecule has 0 spiro atoms. The van der Waals surface area contributed by atoms with E-state index in [2.05, 4.69) is 20.8 Å². The highest BCUT2D eigenvalue weighted by Crippen LogP contribution is 2.23. The summed E-state index contributed by atoms with van der Waals surface area (Å²) in [6, 6.07) is 13.0. The second kappa shape index (κ2) is 8.16. The van der Waals surface area contributed by atoms with Crippen LogP contribution in [0, 0.1) is 0 Å². The van der Waals surface area contributed by atoms with Crippen LogP contribution in [-0.4, -0.2) is 45.3 Å². The minimum Gasteiger partial charge on any atom is -0.351 e.